The van der Waals surface area contributed by atoms with E-state index < -0.39 is 47.1 Å². The van der Waals surface area contributed by atoms with Gasteiger partial charge in [0.2, 0.25) is 11.5 Å². The topological polar surface area (TPSA) is 153 Å². The molecule has 6 N–H and O–H groups in total. The fourth-order valence-electron chi connectivity index (χ4n) is 4.93. The van der Waals surface area contributed by atoms with Gasteiger partial charge in [-0.3, -0.25) is 14.6 Å². The number of nitrogens with zero attached hydrogens (tertiary/aromatic N) is 2. The van der Waals surface area contributed by atoms with Crippen LogP contribution in [0.25, 0.3) is 11.3 Å². The van der Waals surface area contributed by atoms with Crippen molar-refractivity contribution in [2.45, 2.75) is 49.4 Å². The average molecular weight is 634 g/mol. The zero-order valence-electron chi connectivity index (χ0n) is 23.3. The van der Waals surface area contributed by atoms with E-state index in [-0.39, 0.29) is 57.9 Å². The lowest BCUT2D eigenvalue weighted by Gasteiger charge is -2.32. The Morgan fingerprint density at radius 3 is 2.50 bits per heavy atom. The van der Waals surface area contributed by atoms with Crippen molar-refractivity contribution in [2.24, 2.45) is 10.7 Å². The molecule has 14 heteroatoms. The molecule has 0 bridgehead atoms. The largest absolute Gasteiger partial charge is 0.489 e. The maximum atomic E-state index is 14.7. The molecule has 2 atom stereocenters. The number of aliphatic hydroxyl groups is 1. The Bertz CT molecular complexity index is 1660. The van der Waals surface area contributed by atoms with E-state index in [0.29, 0.717) is 5.56 Å². The Labute approximate surface area is 254 Å². The Balaban J connectivity index is 1.57. The van der Waals surface area contributed by atoms with Crippen LogP contribution in [0.3, 0.4) is 0 Å². The number of carbonyl (C=O) groups excluding carboxylic acids is 2. The third kappa shape index (κ3) is 5.57. The van der Waals surface area contributed by atoms with Gasteiger partial charge in [-0.05, 0) is 61.7 Å². The molecular weight excluding hydrogens is 606 g/mol. The summed E-state index contributed by atoms with van der Waals surface area (Å²) in [7, 11) is 0. The number of alkyl halides is 3. The molecule has 0 spiro atoms. The zero-order valence-corrected chi connectivity index (χ0v) is 24.1. The summed E-state index contributed by atoms with van der Waals surface area (Å²) in [5.74, 6) is -2.47. The van der Waals surface area contributed by atoms with E-state index in [9.17, 15) is 32.3 Å². The quantitative estimate of drug-likeness (QED) is 0.156. The number of carbonyl (C=O) groups is 2. The van der Waals surface area contributed by atoms with Gasteiger partial charge in [0, 0.05) is 28.5 Å². The van der Waals surface area contributed by atoms with Gasteiger partial charge in [-0.25, -0.2) is 9.37 Å². The molecule has 2 amide bonds. The van der Waals surface area contributed by atoms with Gasteiger partial charge in [0.1, 0.15) is 29.3 Å². The van der Waals surface area contributed by atoms with Crippen LogP contribution in [-0.4, -0.2) is 53.5 Å². The molecule has 5 rings (SSSR count). The maximum Gasteiger partial charge on any atom is 0.424 e. The highest BCUT2D eigenvalue weighted by molar-refractivity contribution is 6.34. The Kier molecular flexibility index (Phi) is 8.06. The monoisotopic (exact) mass is 633 g/mol. The molecule has 1 aromatic heterocycles. The molecule has 3 aromatic rings. The van der Waals surface area contributed by atoms with Crippen LogP contribution in [0.5, 0.6) is 5.75 Å². The number of aromatic nitrogens is 1. The number of benzene rings is 2. The second-order valence-corrected chi connectivity index (χ2v) is 11.2. The number of anilines is 1. The van der Waals surface area contributed by atoms with E-state index in [1.165, 1.54) is 30.5 Å². The maximum absolute atomic E-state index is 14.7. The van der Waals surface area contributed by atoms with E-state index >= 15 is 0 Å². The summed E-state index contributed by atoms with van der Waals surface area (Å²) in [5, 5.41) is 13.4. The number of aliphatic imine (C=N–C) groups is 1. The second kappa shape index (κ2) is 11.4. The van der Waals surface area contributed by atoms with E-state index in [1.807, 2.05) is 0 Å². The fraction of sp³-hybridized carbons (Fsp3) is 0.333. The van der Waals surface area contributed by atoms with Gasteiger partial charge < -0.3 is 26.6 Å². The highest BCUT2D eigenvalue weighted by Crippen LogP contribution is 2.49. The van der Waals surface area contributed by atoms with E-state index in [2.05, 4.69) is 15.3 Å². The van der Waals surface area contributed by atoms with Crippen LogP contribution in [-0.2, 0) is 15.8 Å². The SMILES string of the molecule is CC[C@]1(C(N)=O)COc2c1cc([C@@](O)(CNC(=O)c1cc(Cl)c(N)c(C=NC3CC3)c1)C(F)(F)F)nc2-c1ccc(F)cc1. The van der Waals surface area contributed by atoms with Crippen molar-refractivity contribution < 1.29 is 37.0 Å². The molecule has 1 fully saturated rings. The summed E-state index contributed by atoms with van der Waals surface area (Å²) in [4.78, 5) is 34.1. The highest BCUT2D eigenvalue weighted by Gasteiger charge is 2.58. The minimum atomic E-state index is -5.37. The first-order chi connectivity index (χ1) is 20.7. The van der Waals surface area contributed by atoms with Crippen molar-refractivity contribution in [3.8, 4) is 17.0 Å². The first kappa shape index (κ1) is 31.2. The van der Waals surface area contributed by atoms with Crippen molar-refractivity contribution in [1.29, 1.82) is 0 Å². The molecule has 2 heterocycles. The first-order valence-electron chi connectivity index (χ1n) is 13.6. The van der Waals surface area contributed by atoms with Crippen molar-refractivity contribution in [1.82, 2.24) is 10.3 Å². The normalized spacial score (nSPS) is 19.3. The number of amides is 2. The van der Waals surface area contributed by atoms with Crippen molar-refractivity contribution >= 4 is 35.3 Å². The smallest absolute Gasteiger partial charge is 0.424 e. The predicted octanol–water partition coefficient (Wildman–Crippen LogP) is 4.41. The minimum Gasteiger partial charge on any atom is -0.489 e. The summed E-state index contributed by atoms with van der Waals surface area (Å²) < 4.78 is 63.6. The number of rotatable bonds is 9. The number of nitrogens with two attached hydrogens (primary N) is 2. The summed E-state index contributed by atoms with van der Waals surface area (Å²) in [6, 6.07) is 8.25. The minimum absolute atomic E-state index is 0.00688. The molecule has 1 aliphatic carbocycles. The lowest BCUT2D eigenvalue weighted by Crippen LogP contribution is -2.52. The Morgan fingerprint density at radius 2 is 1.91 bits per heavy atom. The van der Waals surface area contributed by atoms with E-state index in [0.717, 1.165) is 31.0 Å². The summed E-state index contributed by atoms with van der Waals surface area (Å²) in [6.07, 6.45) is -2.04. The van der Waals surface area contributed by atoms with Crippen LogP contribution >= 0.6 is 11.6 Å². The van der Waals surface area contributed by atoms with Gasteiger partial charge in [0.15, 0.2) is 0 Å². The van der Waals surface area contributed by atoms with Gasteiger partial charge in [-0.2, -0.15) is 13.2 Å². The Hall–Kier alpha value is -4.23. The van der Waals surface area contributed by atoms with Gasteiger partial charge in [-0.15, -0.1) is 0 Å². The van der Waals surface area contributed by atoms with Crippen molar-refractivity contribution in [3.05, 3.63) is 75.7 Å². The molecule has 9 nitrogen and oxygen atoms in total. The van der Waals surface area contributed by atoms with Gasteiger partial charge in [-0.1, -0.05) is 18.5 Å². The molecule has 2 aromatic carbocycles. The summed E-state index contributed by atoms with van der Waals surface area (Å²) >= 11 is 6.18. The Morgan fingerprint density at radius 1 is 1.23 bits per heavy atom. The first-order valence-corrected chi connectivity index (χ1v) is 14.0. The lowest BCUT2D eigenvalue weighted by atomic mass is 9.78. The van der Waals surface area contributed by atoms with Gasteiger partial charge in [0.25, 0.3) is 5.91 Å². The second-order valence-electron chi connectivity index (χ2n) is 10.8. The third-order valence-electron chi connectivity index (χ3n) is 7.94. The number of primary amides is 1. The van der Waals surface area contributed by atoms with Crippen LogP contribution in [0.1, 0.15) is 53.4 Å². The number of nitrogens with one attached hydrogen (secondary N) is 1. The molecule has 232 valence electrons. The molecule has 0 unspecified atom stereocenters. The number of hydrogen-bond donors (Lipinski definition) is 4. The third-order valence-corrected chi connectivity index (χ3v) is 8.25. The molecular formula is C30H28ClF4N5O4. The number of hydrogen-bond acceptors (Lipinski definition) is 7. The molecule has 1 saturated carbocycles. The number of halogens is 5. The zero-order chi connectivity index (χ0) is 32.0. The van der Waals surface area contributed by atoms with Crippen molar-refractivity contribution in [2.75, 3.05) is 18.9 Å². The van der Waals surface area contributed by atoms with Crippen LogP contribution in [0.2, 0.25) is 5.02 Å². The molecule has 1 aliphatic heterocycles. The fourth-order valence-corrected chi connectivity index (χ4v) is 5.15. The standard InChI is InChI=1S/C30H28ClF4N5O4/c1-2-28(27(37)42)14-44-25-20(28)11-22(40-24(25)15-3-5-18(32)6-4-15)29(43,30(33,34)35)13-39-26(41)16-9-17(12-38-19-7-8-19)23(36)21(31)10-16/h3-6,9-12,19,43H,2,7-8,13-14,36H2,1H3,(H2,37,42)(H,39,41)/t28-,29-/m0/s1. The molecule has 2 aliphatic rings. The van der Waals surface area contributed by atoms with E-state index in [1.54, 1.807) is 6.92 Å². The molecule has 44 heavy (non-hydrogen) atoms. The number of ether oxygens (including phenoxy) is 1. The van der Waals surface area contributed by atoms with Crippen molar-refractivity contribution in [3.63, 3.8) is 0 Å². The van der Waals surface area contributed by atoms with E-state index in [4.69, 9.17) is 27.8 Å². The van der Waals surface area contributed by atoms with Crippen LogP contribution in [0.15, 0.2) is 47.5 Å². The molecule has 0 radical (unpaired) electrons. The van der Waals surface area contributed by atoms with Gasteiger partial charge >= 0.3 is 6.18 Å². The average Bonchev–Trinajstić information content (AvgIpc) is 3.73. The van der Waals surface area contributed by atoms with Crippen LogP contribution in [0.4, 0.5) is 23.2 Å². The van der Waals surface area contributed by atoms with Crippen LogP contribution < -0.4 is 21.5 Å². The van der Waals surface area contributed by atoms with Crippen LogP contribution in [0, 0.1) is 5.82 Å². The summed E-state index contributed by atoms with van der Waals surface area (Å²) in [5.41, 5.74) is 5.77. The summed E-state index contributed by atoms with van der Waals surface area (Å²) in [6.45, 7) is -0.0363. The number of pyridine rings is 1. The predicted molar refractivity (Wildman–Crippen MR) is 155 cm³/mol. The van der Waals surface area contributed by atoms with Gasteiger partial charge in [0.05, 0.1) is 29.0 Å². The lowest BCUT2D eigenvalue weighted by molar-refractivity contribution is -0.265. The molecule has 0 saturated heterocycles. The number of nitrogen functional groups attached to an aromatic ring is 1. The highest BCUT2D eigenvalue weighted by atomic mass is 35.5. The number of fused-ring (bicyclic) bond motifs is 1.